The number of aryl methyl sites for hydroxylation is 1. The first kappa shape index (κ1) is 21.2. The Balaban J connectivity index is 1.24. The summed E-state index contributed by atoms with van der Waals surface area (Å²) in [5, 5.41) is 1.26. The molecule has 0 saturated carbocycles. The minimum Gasteiger partial charge on any atom is -0.497 e. The van der Waals surface area contributed by atoms with Crippen molar-refractivity contribution in [3.05, 3.63) is 59.8 Å². The monoisotopic (exact) mass is 421 g/mol. The zero-order valence-electron chi connectivity index (χ0n) is 18.4. The van der Waals surface area contributed by atoms with Gasteiger partial charge in [-0.1, -0.05) is 18.2 Å². The largest absolute Gasteiger partial charge is 0.497 e. The Kier molecular flexibility index (Phi) is 6.77. The number of piperazine rings is 1. The Hall–Kier alpha value is -2.99. The van der Waals surface area contributed by atoms with Crippen LogP contribution in [0.15, 0.2) is 48.7 Å². The van der Waals surface area contributed by atoms with Crippen molar-refractivity contribution in [1.29, 1.82) is 0 Å². The van der Waals surface area contributed by atoms with E-state index in [1.54, 1.807) is 14.2 Å². The van der Waals surface area contributed by atoms with Gasteiger partial charge in [-0.3, -0.25) is 9.69 Å². The second-order valence-corrected chi connectivity index (χ2v) is 8.05. The number of methoxy groups -OCH3 is 2. The molecule has 1 aliphatic heterocycles. The number of fused-ring (bicyclic) bond motifs is 1. The molecule has 0 spiro atoms. The fourth-order valence-corrected chi connectivity index (χ4v) is 4.33. The molecule has 1 amide bonds. The molecule has 1 N–H and O–H groups in total. The van der Waals surface area contributed by atoms with E-state index in [0.717, 1.165) is 68.1 Å². The molecule has 0 radical (unpaired) electrons. The molecule has 0 aliphatic carbocycles. The van der Waals surface area contributed by atoms with Crippen molar-refractivity contribution >= 4 is 16.8 Å². The maximum atomic E-state index is 12.7. The van der Waals surface area contributed by atoms with Gasteiger partial charge in [-0.15, -0.1) is 0 Å². The minimum absolute atomic E-state index is 0.262. The number of aromatic amines is 1. The van der Waals surface area contributed by atoms with E-state index in [0.29, 0.717) is 6.42 Å². The minimum atomic E-state index is 0.262. The van der Waals surface area contributed by atoms with Gasteiger partial charge in [-0.2, -0.15) is 0 Å². The van der Waals surface area contributed by atoms with Crippen LogP contribution in [0, 0.1) is 0 Å². The lowest BCUT2D eigenvalue weighted by Gasteiger charge is -2.35. The van der Waals surface area contributed by atoms with Crippen LogP contribution in [0.3, 0.4) is 0 Å². The third-order valence-corrected chi connectivity index (χ3v) is 6.12. The van der Waals surface area contributed by atoms with Gasteiger partial charge in [0.05, 0.1) is 14.2 Å². The van der Waals surface area contributed by atoms with Crippen LogP contribution in [-0.2, 0) is 17.8 Å². The van der Waals surface area contributed by atoms with Crippen molar-refractivity contribution in [2.75, 3.05) is 40.4 Å². The van der Waals surface area contributed by atoms with Crippen LogP contribution in [-0.4, -0.2) is 61.1 Å². The van der Waals surface area contributed by atoms with Crippen molar-refractivity contribution in [3.8, 4) is 11.5 Å². The normalized spacial score (nSPS) is 14.7. The molecule has 0 atom stereocenters. The van der Waals surface area contributed by atoms with E-state index in [1.165, 1.54) is 10.9 Å². The lowest BCUT2D eigenvalue weighted by molar-refractivity contribution is -0.133. The topological polar surface area (TPSA) is 57.8 Å². The van der Waals surface area contributed by atoms with E-state index in [4.69, 9.17) is 9.47 Å². The van der Waals surface area contributed by atoms with Crippen molar-refractivity contribution in [2.45, 2.75) is 25.8 Å². The molecule has 2 heterocycles. The van der Waals surface area contributed by atoms with Crippen molar-refractivity contribution in [2.24, 2.45) is 0 Å². The SMILES string of the molecule is COc1ccc(OC)c(CN2CCN(C(=O)CCCc3c[nH]c4ccccc34)CC2)c1. The molecule has 1 saturated heterocycles. The van der Waals surface area contributed by atoms with Gasteiger partial charge < -0.3 is 19.4 Å². The summed E-state index contributed by atoms with van der Waals surface area (Å²) in [6, 6.07) is 14.2. The lowest BCUT2D eigenvalue weighted by Crippen LogP contribution is -2.48. The number of hydrogen-bond donors (Lipinski definition) is 1. The molecule has 0 unspecified atom stereocenters. The molecule has 1 fully saturated rings. The quantitative estimate of drug-likeness (QED) is 0.600. The van der Waals surface area contributed by atoms with E-state index in [2.05, 4.69) is 34.3 Å². The third-order valence-electron chi connectivity index (χ3n) is 6.12. The zero-order valence-corrected chi connectivity index (χ0v) is 18.4. The summed E-state index contributed by atoms with van der Waals surface area (Å²) in [6.07, 6.45) is 4.47. The summed E-state index contributed by atoms with van der Waals surface area (Å²) in [4.78, 5) is 20.4. The number of carbonyl (C=O) groups excluding carboxylic acids is 1. The number of rotatable bonds is 8. The average Bonchev–Trinajstić information content (AvgIpc) is 3.22. The summed E-state index contributed by atoms with van der Waals surface area (Å²) in [7, 11) is 3.37. The molecule has 4 rings (SSSR count). The molecule has 1 aromatic heterocycles. The van der Waals surface area contributed by atoms with Crippen molar-refractivity contribution < 1.29 is 14.3 Å². The highest BCUT2D eigenvalue weighted by Crippen LogP contribution is 2.26. The molecule has 6 nitrogen and oxygen atoms in total. The van der Waals surface area contributed by atoms with Crippen molar-refractivity contribution in [1.82, 2.24) is 14.8 Å². The molecule has 6 heteroatoms. The highest BCUT2D eigenvalue weighted by molar-refractivity contribution is 5.83. The number of aromatic nitrogens is 1. The number of amides is 1. The predicted molar refractivity (Wildman–Crippen MR) is 123 cm³/mol. The van der Waals surface area contributed by atoms with E-state index in [-0.39, 0.29) is 5.91 Å². The van der Waals surface area contributed by atoms with E-state index < -0.39 is 0 Å². The van der Waals surface area contributed by atoms with Crippen LogP contribution < -0.4 is 9.47 Å². The van der Waals surface area contributed by atoms with Crippen molar-refractivity contribution in [3.63, 3.8) is 0 Å². The van der Waals surface area contributed by atoms with Gasteiger partial charge in [-0.25, -0.2) is 0 Å². The summed E-state index contributed by atoms with van der Waals surface area (Å²) >= 11 is 0. The average molecular weight is 422 g/mol. The van der Waals surface area contributed by atoms with Crippen LogP contribution in [0.4, 0.5) is 0 Å². The number of nitrogens with zero attached hydrogens (tertiary/aromatic N) is 2. The Morgan fingerprint density at radius 1 is 1.00 bits per heavy atom. The van der Waals surface area contributed by atoms with Gasteiger partial charge in [0.1, 0.15) is 11.5 Å². The fourth-order valence-electron chi connectivity index (χ4n) is 4.33. The second kappa shape index (κ2) is 9.88. The van der Waals surface area contributed by atoms with Gasteiger partial charge in [0.15, 0.2) is 0 Å². The van der Waals surface area contributed by atoms with Crippen LogP contribution in [0.25, 0.3) is 10.9 Å². The number of para-hydroxylation sites is 1. The summed E-state index contributed by atoms with van der Waals surface area (Å²) < 4.78 is 10.8. The number of carbonyl (C=O) groups is 1. The van der Waals surface area contributed by atoms with E-state index >= 15 is 0 Å². The first-order chi connectivity index (χ1) is 15.2. The van der Waals surface area contributed by atoms with Gasteiger partial charge >= 0.3 is 0 Å². The predicted octanol–water partition coefficient (Wildman–Crippen LogP) is 3.85. The van der Waals surface area contributed by atoms with E-state index in [9.17, 15) is 4.79 Å². The Morgan fingerprint density at radius 2 is 1.81 bits per heavy atom. The molecule has 2 aromatic carbocycles. The lowest BCUT2D eigenvalue weighted by atomic mass is 10.1. The molecule has 1 aliphatic rings. The van der Waals surface area contributed by atoms with Gasteiger partial charge in [0.2, 0.25) is 5.91 Å². The van der Waals surface area contributed by atoms with Crippen LogP contribution >= 0.6 is 0 Å². The first-order valence-corrected chi connectivity index (χ1v) is 10.9. The van der Waals surface area contributed by atoms with Gasteiger partial charge in [-0.05, 0) is 42.7 Å². The maximum absolute atomic E-state index is 12.7. The van der Waals surface area contributed by atoms with Gasteiger partial charge in [0.25, 0.3) is 0 Å². The molecular weight excluding hydrogens is 390 g/mol. The Bertz CT molecular complexity index is 1020. The number of nitrogens with one attached hydrogen (secondary N) is 1. The van der Waals surface area contributed by atoms with Crippen LogP contribution in [0.5, 0.6) is 11.5 Å². The second-order valence-electron chi connectivity index (χ2n) is 8.05. The first-order valence-electron chi connectivity index (χ1n) is 10.9. The standard InChI is InChI=1S/C25H31N3O3/c1-30-21-10-11-24(31-2)20(16-21)18-27-12-14-28(15-13-27)25(29)9-5-6-19-17-26-23-8-4-3-7-22(19)23/h3-4,7-8,10-11,16-17,26H,5-6,9,12-15,18H2,1-2H3. The zero-order chi connectivity index (χ0) is 21.6. The number of ether oxygens (including phenoxy) is 2. The summed E-state index contributed by atoms with van der Waals surface area (Å²) in [5.41, 5.74) is 3.56. The molecule has 31 heavy (non-hydrogen) atoms. The smallest absolute Gasteiger partial charge is 0.222 e. The summed E-state index contributed by atoms with van der Waals surface area (Å²) in [6.45, 7) is 4.09. The Labute approximate surface area is 183 Å². The maximum Gasteiger partial charge on any atom is 0.222 e. The van der Waals surface area contributed by atoms with Crippen LogP contribution in [0.2, 0.25) is 0 Å². The van der Waals surface area contributed by atoms with E-state index in [1.807, 2.05) is 29.2 Å². The number of benzene rings is 2. The highest BCUT2D eigenvalue weighted by Gasteiger charge is 2.22. The summed E-state index contributed by atoms with van der Waals surface area (Å²) in [5.74, 6) is 1.97. The Morgan fingerprint density at radius 3 is 2.58 bits per heavy atom. The molecule has 0 bridgehead atoms. The molecule has 164 valence electrons. The number of hydrogen-bond acceptors (Lipinski definition) is 4. The molecular formula is C25H31N3O3. The number of H-pyrrole nitrogens is 1. The highest BCUT2D eigenvalue weighted by atomic mass is 16.5. The fraction of sp³-hybridized carbons (Fsp3) is 0.400. The van der Waals surface area contributed by atoms with Gasteiger partial charge in [0, 0.05) is 61.8 Å². The molecule has 3 aromatic rings. The van der Waals surface area contributed by atoms with Crippen LogP contribution in [0.1, 0.15) is 24.0 Å². The third kappa shape index (κ3) is 5.02.